The fourth-order valence-corrected chi connectivity index (χ4v) is 3.90. The smallest absolute Gasteiger partial charge is 0.231 e. The average Bonchev–Trinajstić information content (AvgIpc) is 2.94. The summed E-state index contributed by atoms with van der Waals surface area (Å²) in [6.45, 7) is 2.08. The lowest BCUT2D eigenvalue weighted by atomic mass is 9.72. The molecule has 1 aromatic heterocycles. The highest BCUT2D eigenvalue weighted by Crippen LogP contribution is 2.41. The molecule has 1 atom stereocenters. The van der Waals surface area contributed by atoms with Crippen LogP contribution in [0.3, 0.4) is 0 Å². The van der Waals surface area contributed by atoms with Crippen molar-refractivity contribution in [1.82, 2.24) is 5.32 Å². The Morgan fingerprint density at radius 2 is 2.21 bits per heavy atom. The van der Waals surface area contributed by atoms with E-state index in [2.05, 4.69) is 16.8 Å². The van der Waals surface area contributed by atoms with Crippen molar-refractivity contribution < 1.29 is 9.90 Å². The molecule has 1 fully saturated rings. The Kier molecular flexibility index (Phi) is 4.99. The van der Waals surface area contributed by atoms with Gasteiger partial charge in [0.25, 0.3) is 0 Å². The maximum atomic E-state index is 12.7. The molecule has 1 aliphatic carbocycles. The maximum Gasteiger partial charge on any atom is 0.231 e. The Bertz CT molecular complexity index is 396. The first-order chi connectivity index (χ1) is 9.19. The van der Waals surface area contributed by atoms with E-state index in [1.165, 1.54) is 11.3 Å². The Morgan fingerprint density at radius 1 is 1.47 bits per heavy atom. The molecule has 0 aliphatic heterocycles. The predicted molar refractivity (Wildman–Crippen MR) is 78.4 cm³/mol. The summed E-state index contributed by atoms with van der Waals surface area (Å²) in [7, 11) is 0. The Labute approximate surface area is 119 Å². The number of thiophene rings is 1. The van der Waals surface area contributed by atoms with E-state index in [9.17, 15) is 4.79 Å². The molecule has 3 nitrogen and oxygen atoms in total. The van der Waals surface area contributed by atoms with Gasteiger partial charge >= 0.3 is 0 Å². The highest BCUT2D eigenvalue weighted by molar-refractivity contribution is 7.10. The third kappa shape index (κ3) is 3.18. The molecule has 1 amide bonds. The van der Waals surface area contributed by atoms with Crippen LogP contribution in [-0.4, -0.2) is 23.7 Å². The van der Waals surface area contributed by atoms with Crippen LogP contribution in [0.2, 0.25) is 0 Å². The molecule has 0 aromatic carbocycles. The molecular weight excluding hydrogens is 258 g/mol. The van der Waals surface area contributed by atoms with E-state index in [0.29, 0.717) is 6.42 Å². The molecule has 106 valence electrons. The van der Waals surface area contributed by atoms with E-state index < -0.39 is 0 Å². The van der Waals surface area contributed by atoms with Gasteiger partial charge in [-0.2, -0.15) is 0 Å². The van der Waals surface area contributed by atoms with Crippen LogP contribution in [0.25, 0.3) is 0 Å². The zero-order chi connectivity index (χ0) is 13.7. The van der Waals surface area contributed by atoms with Gasteiger partial charge < -0.3 is 10.4 Å². The molecule has 1 aliphatic rings. The monoisotopic (exact) mass is 281 g/mol. The molecule has 19 heavy (non-hydrogen) atoms. The molecule has 4 heteroatoms. The van der Waals surface area contributed by atoms with Gasteiger partial charge in [-0.05, 0) is 37.6 Å². The minimum Gasteiger partial charge on any atom is -0.396 e. The summed E-state index contributed by atoms with van der Waals surface area (Å²) < 4.78 is 0. The summed E-state index contributed by atoms with van der Waals surface area (Å²) in [6, 6.07) is 4.16. The fourth-order valence-electron chi connectivity index (χ4n) is 2.92. The molecule has 1 aromatic rings. The zero-order valence-corrected chi connectivity index (χ0v) is 12.3. The maximum absolute atomic E-state index is 12.7. The normalized spacial score (nSPS) is 19.9. The van der Waals surface area contributed by atoms with E-state index in [0.717, 1.165) is 25.7 Å². The predicted octanol–water partition coefficient (Wildman–Crippen LogP) is 2.84. The van der Waals surface area contributed by atoms with E-state index in [-0.39, 0.29) is 24.0 Å². The second kappa shape index (κ2) is 6.53. The summed E-state index contributed by atoms with van der Waals surface area (Å²) in [6.07, 6.45) is 5.99. The van der Waals surface area contributed by atoms with E-state index in [4.69, 9.17) is 5.11 Å². The lowest BCUT2D eigenvalue weighted by Crippen LogP contribution is -2.48. The van der Waals surface area contributed by atoms with E-state index >= 15 is 0 Å². The number of rotatable bonds is 5. The molecule has 1 heterocycles. The number of carbonyl (C=O) groups excluding carboxylic acids is 1. The highest BCUT2D eigenvalue weighted by atomic mass is 32.1. The summed E-state index contributed by atoms with van der Waals surface area (Å²) in [5.41, 5.74) is -0.323. The quantitative estimate of drug-likeness (QED) is 0.872. The first-order valence-corrected chi connectivity index (χ1v) is 8.03. The van der Waals surface area contributed by atoms with Gasteiger partial charge in [0.2, 0.25) is 5.91 Å². The SMILES string of the molecule is CC(CCO)NC(=O)C1(c2cccs2)CCCCC1. The third-order valence-electron chi connectivity index (χ3n) is 4.07. The second-order valence-corrected chi connectivity index (χ2v) is 6.45. The van der Waals surface area contributed by atoms with Crippen LogP contribution in [0, 0.1) is 0 Å². The molecule has 1 saturated carbocycles. The molecule has 1 unspecified atom stereocenters. The van der Waals surface area contributed by atoms with Crippen molar-refractivity contribution in [2.75, 3.05) is 6.61 Å². The molecular formula is C15H23NO2S. The highest BCUT2D eigenvalue weighted by Gasteiger charge is 2.42. The lowest BCUT2D eigenvalue weighted by molar-refractivity contribution is -0.128. The Hall–Kier alpha value is -0.870. The zero-order valence-electron chi connectivity index (χ0n) is 11.5. The molecule has 0 saturated heterocycles. The topological polar surface area (TPSA) is 49.3 Å². The van der Waals surface area contributed by atoms with E-state index in [1.54, 1.807) is 11.3 Å². The van der Waals surface area contributed by atoms with Crippen LogP contribution < -0.4 is 5.32 Å². The summed E-state index contributed by atoms with van der Waals surface area (Å²) in [5.74, 6) is 0.149. The average molecular weight is 281 g/mol. The first kappa shape index (κ1) is 14.5. The van der Waals surface area contributed by atoms with Gasteiger partial charge in [0, 0.05) is 17.5 Å². The van der Waals surface area contributed by atoms with Crippen molar-refractivity contribution in [1.29, 1.82) is 0 Å². The summed E-state index contributed by atoms with van der Waals surface area (Å²) in [5, 5.41) is 14.1. The van der Waals surface area contributed by atoms with Crippen molar-refractivity contribution >= 4 is 17.2 Å². The van der Waals surface area contributed by atoms with Crippen molar-refractivity contribution in [2.24, 2.45) is 0 Å². The second-order valence-electron chi connectivity index (χ2n) is 5.51. The number of aliphatic hydroxyl groups is 1. The van der Waals surface area contributed by atoms with Gasteiger partial charge in [-0.25, -0.2) is 0 Å². The first-order valence-electron chi connectivity index (χ1n) is 7.15. The third-order valence-corrected chi connectivity index (χ3v) is 5.15. The van der Waals surface area contributed by atoms with E-state index in [1.807, 2.05) is 13.0 Å². The molecule has 0 bridgehead atoms. The van der Waals surface area contributed by atoms with Crippen LogP contribution in [0.1, 0.15) is 50.3 Å². The van der Waals surface area contributed by atoms with Crippen LogP contribution >= 0.6 is 11.3 Å². The van der Waals surface area contributed by atoms with Crippen LogP contribution in [0.4, 0.5) is 0 Å². The number of amides is 1. The van der Waals surface area contributed by atoms with Crippen LogP contribution in [0.5, 0.6) is 0 Å². The number of carbonyl (C=O) groups is 1. The van der Waals surface area contributed by atoms with Gasteiger partial charge in [-0.3, -0.25) is 4.79 Å². The van der Waals surface area contributed by atoms with Crippen molar-refractivity contribution in [3.8, 4) is 0 Å². The Balaban J connectivity index is 2.16. The largest absolute Gasteiger partial charge is 0.396 e. The molecule has 2 rings (SSSR count). The van der Waals surface area contributed by atoms with Gasteiger partial charge in [0.1, 0.15) is 0 Å². The van der Waals surface area contributed by atoms with Crippen LogP contribution in [-0.2, 0) is 10.2 Å². The van der Waals surface area contributed by atoms with Crippen molar-refractivity contribution in [3.05, 3.63) is 22.4 Å². The number of aliphatic hydroxyl groups excluding tert-OH is 1. The standard InChI is InChI=1S/C15H23NO2S/c1-12(7-10-17)16-14(18)15(8-3-2-4-9-15)13-6-5-11-19-13/h5-6,11-12,17H,2-4,7-10H2,1H3,(H,16,18). The van der Waals surface area contributed by atoms with Crippen LogP contribution in [0.15, 0.2) is 17.5 Å². The Morgan fingerprint density at radius 3 is 2.79 bits per heavy atom. The number of nitrogens with one attached hydrogen (secondary N) is 1. The summed E-state index contributed by atoms with van der Waals surface area (Å²) >= 11 is 1.69. The van der Waals surface area contributed by atoms with Crippen molar-refractivity contribution in [3.63, 3.8) is 0 Å². The summed E-state index contributed by atoms with van der Waals surface area (Å²) in [4.78, 5) is 13.9. The molecule has 2 N–H and O–H groups in total. The van der Waals surface area contributed by atoms with Gasteiger partial charge in [0.05, 0.1) is 5.41 Å². The minimum absolute atomic E-state index is 0.0382. The van der Waals surface area contributed by atoms with Crippen molar-refractivity contribution in [2.45, 2.75) is 56.9 Å². The van der Waals surface area contributed by atoms with Gasteiger partial charge in [0.15, 0.2) is 0 Å². The minimum atomic E-state index is -0.323. The molecule has 0 radical (unpaired) electrons. The number of hydrogen-bond donors (Lipinski definition) is 2. The number of hydrogen-bond acceptors (Lipinski definition) is 3. The fraction of sp³-hybridized carbons (Fsp3) is 0.667. The lowest BCUT2D eigenvalue weighted by Gasteiger charge is -2.36. The van der Waals surface area contributed by atoms with Gasteiger partial charge in [-0.1, -0.05) is 25.3 Å². The molecule has 0 spiro atoms. The van der Waals surface area contributed by atoms with Gasteiger partial charge in [-0.15, -0.1) is 11.3 Å².